The van der Waals surface area contributed by atoms with Crippen molar-refractivity contribution in [2.24, 2.45) is 5.16 Å². The van der Waals surface area contributed by atoms with Gasteiger partial charge in [-0.15, -0.1) is 0 Å². The van der Waals surface area contributed by atoms with Gasteiger partial charge in [0.05, 0.1) is 0 Å². The fourth-order valence-corrected chi connectivity index (χ4v) is 2.91. The number of hydrogen-bond donors (Lipinski definition) is 1. The van der Waals surface area contributed by atoms with Crippen LogP contribution in [0.15, 0.2) is 53.7 Å². The smallest absolute Gasteiger partial charge is 0.269 e. The fraction of sp³-hybridized carbons (Fsp3) is 0.263. The van der Waals surface area contributed by atoms with E-state index in [1.807, 2.05) is 48.5 Å². The van der Waals surface area contributed by atoms with Gasteiger partial charge in [0.15, 0.2) is 17.6 Å². The number of oxime groups is 1. The molecule has 2 aliphatic rings. The summed E-state index contributed by atoms with van der Waals surface area (Å²) in [6.07, 6.45) is 0.255. The summed E-state index contributed by atoms with van der Waals surface area (Å²) in [5.74, 6) is 1.18. The molecule has 0 radical (unpaired) electrons. The highest BCUT2D eigenvalue weighted by Crippen LogP contribution is 2.33. The Balaban J connectivity index is 1.37. The molecule has 0 unspecified atom stereocenters. The van der Waals surface area contributed by atoms with Crippen molar-refractivity contribution in [1.82, 2.24) is 5.32 Å². The van der Waals surface area contributed by atoms with E-state index in [2.05, 4.69) is 10.5 Å². The van der Waals surface area contributed by atoms with Crippen LogP contribution in [0.2, 0.25) is 0 Å². The average molecular weight is 338 g/mol. The number of carbonyl (C=O) groups excluding carboxylic acids is 1. The standard InChI is InChI=1S/C19H18N2O4/c22-19(15-11-17(25-21-15)13-5-2-1-3-6-13)20-12-14-7-4-8-16-18(14)24-10-9-23-16/h1-8,17H,9-12H2,(H,20,22)/t17-/m1/s1. The third-order valence-corrected chi connectivity index (χ3v) is 4.19. The maximum atomic E-state index is 12.4. The number of amides is 1. The molecule has 4 rings (SSSR count). The number of para-hydroxylation sites is 1. The van der Waals surface area contributed by atoms with Crippen LogP contribution in [0.4, 0.5) is 0 Å². The van der Waals surface area contributed by atoms with Gasteiger partial charge in [0.2, 0.25) is 0 Å². The molecule has 0 spiro atoms. The third-order valence-electron chi connectivity index (χ3n) is 4.19. The monoisotopic (exact) mass is 338 g/mol. The Bertz CT molecular complexity index is 804. The van der Waals surface area contributed by atoms with Gasteiger partial charge in [-0.3, -0.25) is 4.79 Å². The summed E-state index contributed by atoms with van der Waals surface area (Å²) < 4.78 is 11.2. The molecular weight excluding hydrogens is 320 g/mol. The largest absolute Gasteiger partial charge is 0.486 e. The maximum Gasteiger partial charge on any atom is 0.269 e. The summed E-state index contributed by atoms with van der Waals surface area (Å²) in [6.45, 7) is 1.40. The highest BCUT2D eigenvalue weighted by Gasteiger charge is 2.27. The Morgan fingerprint density at radius 3 is 2.80 bits per heavy atom. The Morgan fingerprint density at radius 1 is 1.08 bits per heavy atom. The van der Waals surface area contributed by atoms with Crippen molar-refractivity contribution in [3.63, 3.8) is 0 Å². The van der Waals surface area contributed by atoms with E-state index in [0.717, 1.165) is 11.1 Å². The Kier molecular flexibility index (Phi) is 4.24. The molecular formula is C19H18N2O4. The van der Waals surface area contributed by atoms with Crippen molar-refractivity contribution in [3.8, 4) is 11.5 Å². The molecule has 2 aliphatic heterocycles. The molecule has 2 aromatic rings. The van der Waals surface area contributed by atoms with Crippen LogP contribution in [0.25, 0.3) is 0 Å². The molecule has 1 atom stereocenters. The molecule has 25 heavy (non-hydrogen) atoms. The van der Waals surface area contributed by atoms with Crippen molar-refractivity contribution in [2.45, 2.75) is 19.1 Å². The Morgan fingerprint density at radius 2 is 1.92 bits per heavy atom. The van der Waals surface area contributed by atoms with Crippen molar-refractivity contribution >= 4 is 11.6 Å². The van der Waals surface area contributed by atoms with E-state index in [1.165, 1.54) is 0 Å². The number of hydrogen-bond acceptors (Lipinski definition) is 5. The molecule has 0 saturated carbocycles. The normalized spacial score (nSPS) is 18.2. The highest BCUT2D eigenvalue weighted by atomic mass is 16.6. The second-order valence-electron chi connectivity index (χ2n) is 5.87. The Labute approximate surface area is 145 Å². The predicted octanol–water partition coefficient (Wildman–Crippen LogP) is 2.59. The van der Waals surface area contributed by atoms with E-state index in [0.29, 0.717) is 43.4 Å². The van der Waals surface area contributed by atoms with Crippen molar-refractivity contribution in [2.75, 3.05) is 13.2 Å². The van der Waals surface area contributed by atoms with Crippen LogP contribution in [0.3, 0.4) is 0 Å². The number of nitrogens with zero attached hydrogens (tertiary/aromatic N) is 1. The quantitative estimate of drug-likeness (QED) is 0.930. The topological polar surface area (TPSA) is 69.2 Å². The van der Waals surface area contributed by atoms with Crippen molar-refractivity contribution in [1.29, 1.82) is 0 Å². The summed E-state index contributed by atoms with van der Waals surface area (Å²) in [4.78, 5) is 17.8. The predicted molar refractivity (Wildman–Crippen MR) is 91.6 cm³/mol. The molecule has 1 N–H and O–H groups in total. The van der Waals surface area contributed by atoms with E-state index >= 15 is 0 Å². The molecule has 0 aromatic heterocycles. The second kappa shape index (κ2) is 6.84. The summed E-state index contributed by atoms with van der Waals surface area (Å²) in [5.41, 5.74) is 2.29. The number of nitrogens with one attached hydrogen (secondary N) is 1. The van der Waals surface area contributed by atoms with Crippen molar-refractivity contribution < 1.29 is 19.1 Å². The zero-order valence-corrected chi connectivity index (χ0v) is 13.6. The molecule has 6 nitrogen and oxygen atoms in total. The number of carbonyl (C=O) groups is 1. The minimum Gasteiger partial charge on any atom is -0.486 e. The van der Waals surface area contributed by atoms with Crippen LogP contribution >= 0.6 is 0 Å². The number of fused-ring (bicyclic) bond motifs is 1. The first-order valence-corrected chi connectivity index (χ1v) is 8.24. The summed E-state index contributed by atoms with van der Waals surface area (Å²) >= 11 is 0. The zero-order chi connectivity index (χ0) is 17.1. The SMILES string of the molecule is O=C(NCc1cccc2c1OCCO2)C1=NO[C@@H](c2ccccc2)C1. The van der Waals surface area contributed by atoms with Gasteiger partial charge in [-0.1, -0.05) is 47.6 Å². The van der Waals surface area contributed by atoms with Gasteiger partial charge in [-0.05, 0) is 11.6 Å². The second-order valence-corrected chi connectivity index (χ2v) is 5.87. The van der Waals surface area contributed by atoms with Gasteiger partial charge in [0.1, 0.15) is 18.9 Å². The van der Waals surface area contributed by atoms with Crippen LogP contribution in [0.1, 0.15) is 23.7 Å². The lowest BCUT2D eigenvalue weighted by atomic mass is 10.0. The molecule has 128 valence electrons. The first kappa shape index (κ1) is 15.5. The lowest BCUT2D eigenvalue weighted by molar-refractivity contribution is -0.115. The average Bonchev–Trinajstić information content (AvgIpc) is 3.17. The van der Waals surface area contributed by atoms with Crippen LogP contribution in [0, 0.1) is 0 Å². The molecule has 0 bridgehead atoms. The van der Waals surface area contributed by atoms with E-state index in [9.17, 15) is 4.79 Å². The first-order chi connectivity index (χ1) is 12.3. The van der Waals surface area contributed by atoms with E-state index in [4.69, 9.17) is 14.3 Å². The molecule has 1 amide bonds. The maximum absolute atomic E-state index is 12.4. The van der Waals surface area contributed by atoms with Gasteiger partial charge >= 0.3 is 0 Å². The third kappa shape index (κ3) is 3.28. The van der Waals surface area contributed by atoms with Crippen LogP contribution in [-0.2, 0) is 16.2 Å². The van der Waals surface area contributed by atoms with Gasteiger partial charge in [-0.2, -0.15) is 0 Å². The van der Waals surface area contributed by atoms with E-state index in [1.54, 1.807) is 0 Å². The van der Waals surface area contributed by atoms with E-state index < -0.39 is 0 Å². The number of rotatable bonds is 4. The van der Waals surface area contributed by atoms with Gasteiger partial charge in [0.25, 0.3) is 5.91 Å². The van der Waals surface area contributed by atoms with Crippen molar-refractivity contribution in [3.05, 3.63) is 59.7 Å². The molecule has 0 saturated heterocycles. The van der Waals surface area contributed by atoms with Gasteiger partial charge < -0.3 is 19.6 Å². The molecule has 6 heteroatoms. The van der Waals surface area contributed by atoms with Gasteiger partial charge in [0, 0.05) is 18.5 Å². The molecule has 0 fully saturated rings. The van der Waals surface area contributed by atoms with Crippen LogP contribution in [-0.4, -0.2) is 24.8 Å². The molecule has 2 heterocycles. The number of benzene rings is 2. The number of ether oxygens (including phenoxy) is 2. The molecule has 2 aromatic carbocycles. The minimum absolute atomic E-state index is 0.205. The fourth-order valence-electron chi connectivity index (χ4n) is 2.91. The summed E-state index contributed by atoms with van der Waals surface area (Å²) in [7, 11) is 0. The minimum atomic E-state index is -0.229. The summed E-state index contributed by atoms with van der Waals surface area (Å²) in [5, 5.41) is 6.82. The zero-order valence-electron chi connectivity index (χ0n) is 13.6. The summed E-state index contributed by atoms with van der Waals surface area (Å²) in [6, 6.07) is 15.4. The lowest BCUT2D eigenvalue weighted by Crippen LogP contribution is -2.30. The Hall–Kier alpha value is -3.02. The first-order valence-electron chi connectivity index (χ1n) is 8.24. The lowest BCUT2D eigenvalue weighted by Gasteiger charge is -2.21. The van der Waals surface area contributed by atoms with E-state index in [-0.39, 0.29) is 12.0 Å². The van der Waals surface area contributed by atoms with Crippen LogP contribution in [0.5, 0.6) is 11.5 Å². The van der Waals surface area contributed by atoms with Gasteiger partial charge in [-0.25, -0.2) is 0 Å². The van der Waals surface area contributed by atoms with Crippen LogP contribution < -0.4 is 14.8 Å². The molecule has 0 aliphatic carbocycles. The highest BCUT2D eigenvalue weighted by molar-refractivity contribution is 6.39.